The van der Waals surface area contributed by atoms with Crippen molar-refractivity contribution in [2.45, 2.75) is 46.1 Å². The number of aryl methyl sites for hydroxylation is 1. The second-order valence-electron chi connectivity index (χ2n) is 5.06. The van der Waals surface area contributed by atoms with E-state index in [9.17, 15) is 0 Å². The van der Waals surface area contributed by atoms with E-state index in [4.69, 9.17) is 10.5 Å². The molecule has 0 amide bonds. The summed E-state index contributed by atoms with van der Waals surface area (Å²) < 4.78 is 5.68. The van der Waals surface area contributed by atoms with Crippen LogP contribution in [-0.2, 0) is 11.3 Å². The van der Waals surface area contributed by atoms with Crippen molar-refractivity contribution in [2.24, 2.45) is 5.92 Å². The predicted octanol–water partition coefficient (Wildman–Crippen LogP) is 2.99. The van der Waals surface area contributed by atoms with E-state index < -0.39 is 0 Å². The van der Waals surface area contributed by atoms with Gasteiger partial charge in [0.2, 0.25) is 0 Å². The third-order valence-corrected chi connectivity index (χ3v) is 3.81. The van der Waals surface area contributed by atoms with Crippen molar-refractivity contribution in [1.29, 1.82) is 0 Å². The fraction of sp³-hybridized carbons (Fsp3) is 0.643. The van der Waals surface area contributed by atoms with Crippen LogP contribution >= 0.6 is 0 Å². The average Bonchev–Trinajstić information content (AvgIpc) is 2.26. The van der Waals surface area contributed by atoms with Gasteiger partial charge < -0.3 is 10.5 Å². The third kappa shape index (κ3) is 2.97. The average molecular weight is 234 g/mol. The zero-order valence-electron chi connectivity index (χ0n) is 10.8. The van der Waals surface area contributed by atoms with Gasteiger partial charge in [0.25, 0.3) is 0 Å². The summed E-state index contributed by atoms with van der Waals surface area (Å²) in [5.41, 5.74) is 9.89. The lowest BCUT2D eigenvalue weighted by atomic mass is 9.83. The molecule has 1 aromatic rings. The van der Waals surface area contributed by atoms with Crippen LogP contribution in [0.2, 0.25) is 0 Å². The van der Waals surface area contributed by atoms with Crippen molar-refractivity contribution in [2.75, 3.05) is 12.3 Å². The zero-order valence-corrected chi connectivity index (χ0v) is 10.8. The number of ether oxygens (including phenoxy) is 1. The Morgan fingerprint density at radius 3 is 2.82 bits per heavy atom. The fourth-order valence-electron chi connectivity index (χ4n) is 2.14. The van der Waals surface area contributed by atoms with Crippen LogP contribution < -0.4 is 5.73 Å². The van der Waals surface area contributed by atoms with Gasteiger partial charge in [-0.25, -0.2) is 0 Å². The Hall–Kier alpha value is -1.09. The van der Waals surface area contributed by atoms with Crippen LogP contribution in [0.5, 0.6) is 0 Å². The lowest BCUT2D eigenvalue weighted by molar-refractivity contribution is 0.0926. The van der Waals surface area contributed by atoms with E-state index in [1.807, 2.05) is 20.0 Å². The predicted molar refractivity (Wildman–Crippen MR) is 69.7 cm³/mol. The Balaban J connectivity index is 1.80. The van der Waals surface area contributed by atoms with Gasteiger partial charge in [0.1, 0.15) is 0 Å². The summed E-state index contributed by atoms with van der Waals surface area (Å²) in [5, 5.41) is 0. The maximum atomic E-state index is 5.97. The lowest BCUT2D eigenvalue weighted by Gasteiger charge is -2.24. The molecule has 2 rings (SSSR count). The van der Waals surface area contributed by atoms with Crippen molar-refractivity contribution >= 4 is 5.69 Å². The van der Waals surface area contributed by atoms with Crippen molar-refractivity contribution in [1.82, 2.24) is 4.98 Å². The first-order chi connectivity index (χ1) is 8.18. The number of hydrogen-bond acceptors (Lipinski definition) is 3. The molecule has 1 aromatic heterocycles. The Morgan fingerprint density at radius 2 is 2.18 bits per heavy atom. The van der Waals surface area contributed by atoms with E-state index in [0.717, 1.165) is 35.0 Å². The normalized spacial score (nSPS) is 15.9. The highest BCUT2D eigenvalue weighted by Gasteiger charge is 2.16. The summed E-state index contributed by atoms with van der Waals surface area (Å²) in [7, 11) is 0. The van der Waals surface area contributed by atoms with Gasteiger partial charge in [-0.3, -0.25) is 4.98 Å². The molecular formula is C14H22N2O. The minimum absolute atomic E-state index is 0.586. The smallest absolute Gasteiger partial charge is 0.0891 e. The molecule has 1 fully saturated rings. The number of pyridine rings is 1. The zero-order chi connectivity index (χ0) is 12.3. The molecule has 3 nitrogen and oxygen atoms in total. The van der Waals surface area contributed by atoms with Gasteiger partial charge in [-0.1, -0.05) is 19.3 Å². The molecule has 0 spiro atoms. The second-order valence-corrected chi connectivity index (χ2v) is 5.06. The molecule has 1 heterocycles. The van der Waals surface area contributed by atoms with Gasteiger partial charge in [-0.05, 0) is 37.3 Å². The Bertz CT molecular complexity index is 386. The maximum Gasteiger partial charge on any atom is 0.0891 e. The minimum Gasteiger partial charge on any atom is -0.398 e. The number of rotatable bonds is 5. The summed E-state index contributed by atoms with van der Waals surface area (Å²) in [5.74, 6) is 0.909. The number of anilines is 1. The summed E-state index contributed by atoms with van der Waals surface area (Å²) in [6.07, 6.45) is 7.20. The van der Waals surface area contributed by atoms with Crippen LogP contribution in [0.3, 0.4) is 0 Å². The molecule has 0 unspecified atom stereocenters. The Labute approximate surface area is 103 Å². The third-order valence-electron chi connectivity index (χ3n) is 3.81. The SMILES string of the molecule is Cc1cnc(COCCC2CCC2)c(C)c1N. The highest BCUT2D eigenvalue weighted by molar-refractivity contribution is 5.53. The molecule has 0 atom stereocenters. The standard InChI is InChI=1S/C14H22N2O/c1-10-8-16-13(11(2)14(10)15)9-17-7-6-12-4-3-5-12/h8,12H,3-7,9H2,1-2H3,(H2,15,16). The van der Waals surface area contributed by atoms with Gasteiger partial charge >= 0.3 is 0 Å². The van der Waals surface area contributed by atoms with E-state index in [2.05, 4.69) is 4.98 Å². The molecule has 1 aliphatic rings. The van der Waals surface area contributed by atoms with Crippen LogP contribution in [0, 0.1) is 19.8 Å². The van der Waals surface area contributed by atoms with Gasteiger partial charge in [-0.2, -0.15) is 0 Å². The monoisotopic (exact) mass is 234 g/mol. The summed E-state index contributed by atoms with van der Waals surface area (Å²) in [4.78, 5) is 4.38. The number of nitrogens with two attached hydrogens (primary N) is 1. The van der Waals surface area contributed by atoms with E-state index in [1.54, 1.807) is 0 Å². The van der Waals surface area contributed by atoms with E-state index in [-0.39, 0.29) is 0 Å². The number of nitrogens with zero attached hydrogens (tertiary/aromatic N) is 1. The summed E-state index contributed by atoms with van der Waals surface area (Å²) in [6, 6.07) is 0. The quantitative estimate of drug-likeness (QED) is 0.797. The number of aromatic nitrogens is 1. The fourth-order valence-corrected chi connectivity index (χ4v) is 2.14. The highest BCUT2D eigenvalue weighted by atomic mass is 16.5. The first-order valence-corrected chi connectivity index (χ1v) is 6.46. The van der Waals surface area contributed by atoms with Crippen molar-refractivity contribution in [3.63, 3.8) is 0 Å². The van der Waals surface area contributed by atoms with Crippen molar-refractivity contribution < 1.29 is 4.74 Å². The molecule has 1 saturated carbocycles. The molecule has 0 bridgehead atoms. The highest BCUT2D eigenvalue weighted by Crippen LogP contribution is 2.29. The van der Waals surface area contributed by atoms with Crippen LogP contribution in [0.25, 0.3) is 0 Å². The first-order valence-electron chi connectivity index (χ1n) is 6.46. The maximum absolute atomic E-state index is 5.97. The summed E-state index contributed by atoms with van der Waals surface area (Å²) >= 11 is 0. The van der Waals surface area contributed by atoms with Gasteiger partial charge in [-0.15, -0.1) is 0 Å². The summed E-state index contributed by atoms with van der Waals surface area (Å²) in [6.45, 7) is 5.43. The molecule has 2 N–H and O–H groups in total. The minimum atomic E-state index is 0.586. The molecular weight excluding hydrogens is 212 g/mol. The topological polar surface area (TPSA) is 48.1 Å². The molecule has 3 heteroatoms. The van der Waals surface area contributed by atoms with Crippen LogP contribution in [0.15, 0.2) is 6.20 Å². The van der Waals surface area contributed by atoms with E-state index in [1.165, 1.54) is 25.7 Å². The van der Waals surface area contributed by atoms with Crippen LogP contribution in [0.4, 0.5) is 5.69 Å². The molecule has 0 aliphatic heterocycles. The van der Waals surface area contributed by atoms with Gasteiger partial charge in [0.05, 0.1) is 12.3 Å². The molecule has 0 aromatic carbocycles. The van der Waals surface area contributed by atoms with Crippen LogP contribution in [0.1, 0.15) is 42.5 Å². The Kier molecular flexibility index (Phi) is 4.00. The molecule has 0 saturated heterocycles. The van der Waals surface area contributed by atoms with Gasteiger partial charge in [0, 0.05) is 18.5 Å². The number of nitrogen functional groups attached to an aromatic ring is 1. The number of hydrogen-bond donors (Lipinski definition) is 1. The molecule has 17 heavy (non-hydrogen) atoms. The molecule has 0 radical (unpaired) electrons. The van der Waals surface area contributed by atoms with E-state index >= 15 is 0 Å². The lowest BCUT2D eigenvalue weighted by Crippen LogP contribution is -2.13. The van der Waals surface area contributed by atoms with Crippen LogP contribution in [-0.4, -0.2) is 11.6 Å². The van der Waals surface area contributed by atoms with Crippen molar-refractivity contribution in [3.05, 3.63) is 23.0 Å². The first kappa shape index (κ1) is 12.4. The largest absolute Gasteiger partial charge is 0.398 e. The molecule has 94 valence electrons. The van der Waals surface area contributed by atoms with Gasteiger partial charge in [0.15, 0.2) is 0 Å². The molecule has 1 aliphatic carbocycles. The van der Waals surface area contributed by atoms with Crippen molar-refractivity contribution in [3.8, 4) is 0 Å². The van der Waals surface area contributed by atoms with E-state index in [0.29, 0.717) is 6.61 Å². The Morgan fingerprint density at radius 1 is 1.41 bits per heavy atom. The second kappa shape index (κ2) is 5.50.